The van der Waals surface area contributed by atoms with Crippen LogP contribution in [-0.2, 0) is 6.54 Å². The van der Waals surface area contributed by atoms with Gasteiger partial charge in [0.2, 0.25) is 0 Å². The van der Waals surface area contributed by atoms with Gasteiger partial charge < -0.3 is 24.6 Å². The largest absolute Gasteiger partial charge is 0.497 e. The SMILES string of the molecule is CCCCCCCCNC(=O)N(CCN1CCN(C(=O)c2cc(OC)cc(OC)c2)CC1)Cc1ccc(F)cc1. The zero-order valence-electron chi connectivity index (χ0n) is 24.3. The normalized spacial score (nSPS) is 13.7. The fraction of sp³-hybridized carbons (Fsp3) is 0.548. The highest BCUT2D eigenvalue weighted by atomic mass is 19.1. The van der Waals surface area contributed by atoms with E-state index in [2.05, 4.69) is 17.1 Å². The molecule has 1 heterocycles. The summed E-state index contributed by atoms with van der Waals surface area (Å²) in [6.45, 7) is 7.14. The smallest absolute Gasteiger partial charge is 0.317 e. The van der Waals surface area contributed by atoms with Crippen molar-refractivity contribution < 1.29 is 23.5 Å². The zero-order chi connectivity index (χ0) is 28.7. The molecule has 0 spiro atoms. The predicted octanol–water partition coefficient (Wildman–Crippen LogP) is 5.17. The van der Waals surface area contributed by atoms with Crippen LogP contribution in [0.1, 0.15) is 61.4 Å². The lowest BCUT2D eigenvalue weighted by molar-refractivity contribution is 0.0626. The lowest BCUT2D eigenvalue weighted by Gasteiger charge is -2.36. The molecule has 1 aliphatic heterocycles. The molecule has 0 aromatic heterocycles. The van der Waals surface area contributed by atoms with E-state index in [0.717, 1.165) is 31.5 Å². The van der Waals surface area contributed by atoms with Crippen molar-refractivity contribution >= 4 is 11.9 Å². The zero-order valence-corrected chi connectivity index (χ0v) is 24.3. The lowest BCUT2D eigenvalue weighted by Crippen LogP contribution is -2.51. The van der Waals surface area contributed by atoms with Crippen LogP contribution in [0, 0.1) is 5.82 Å². The highest BCUT2D eigenvalue weighted by Crippen LogP contribution is 2.24. The molecule has 1 aliphatic rings. The number of ether oxygens (including phenoxy) is 2. The maximum atomic E-state index is 13.4. The highest BCUT2D eigenvalue weighted by molar-refractivity contribution is 5.95. The van der Waals surface area contributed by atoms with Gasteiger partial charge in [0.25, 0.3) is 5.91 Å². The number of unbranched alkanes of at least 4 members (excludes halogenated alkanes) is 5. The number of nitrogens with one attached hydrogen (secondary N) is 1. The number of hydrogen-bond acceptors (Lipinski definition) is 5. The van der Waals surface area contributed by atoms with Gasteiger partial charge in [-0.15, -0.1) is 0 Å². The summed E-state index contributed by atoms with van der Waals surface area (Å²) in [6.07, 6.45) is 7.00. The Morgan fingerprint density at radius 1 is 0.900 bits per heavy atom. The van der Waals surface area contributed by atoms with Crippen LogP contribution < -0.4 is 14.8 Å². The van der Waals surface area contributed by atoms with E-state index in [0.29, 0.717) is 56.3 Å². The van der Waals surface area contributed by atoms with Crippen LogP contribution in [0.5, 0.6) is 11.5 Å². The highest BCUT2D eigenvalue weighted by Gasteiger charge is 2.24. The Kier molecular flexibility index (Phi) is 13.0. The summed E-state index contributed by atoms with van der Waals surface area (Å²) in [6, 6.07) is 11.4. The fourth-order valence-electron chi connectivity index (χ4n) is 4.83. The van der Waals surface area contributed by atoms with Crippen LogP contribution in [0.4, 0.5) is 9.18 Å². The van der Waals surface area contributed by atoms with Crippen molar-refractivity contribution in [3.8, 4) is 11.5 Å². The van der Waals surface area contributed by atoms with Crippen molar-refractivity contribution in [3.63, 3.8) is 0 Å². The molecule has 1 fully saturated rings. The Morgan fingerprint density at radius 3 is 2.15 bits per heavy atom. The predicted molar refractivity (Wildman–Crippen MR) is 155 cm³/mol. The second-order valence-electron chi connectivity index (χ2n) is 10.3. The molecule has 1 N–H and O–H groups in total. The summed E-state index contributed by atoms with van der Waals surface area (Å²) in [5.41, 5.74) is 1.43. The standard InChI is InChI=1S/C31H45FN4O4/c1-4-5-6-7-8-9-14-33-31(38)36(24-25-10-12-27(32)13-11-25)20-17-34-15-18-35(19-16-34)30(37)26-21-28(39-2)23-29(22-26)40-3/h10-13,21-23H,4-9,14-20,24H2,1-3H3,(H,33,38). The topological polar surface area (TPSA) is 74.4 Å². The van der Waals surface area contributed by atoms with Gasteiger partial charge in [-0.1, -0.05) is 51.2 Å². The van der Waals surface area contributed by atoms with Crippen LogP contribution >= 0.6 is 0 Å². The minimum atomic E-state index is -0.289. The van der Waals surface area contributed by atoms with Crippen LogP contribution in [0.2, 0.25) is 0 Å². The van der Waals surface area contributed by atoms with E-state index in [1.807, 2.05) is 4.90 Å². The first-order valence-electron chi connectivity index (χ1n) is 14.5. The van der Waals surface area contributed by atoms with Gasteiger partial charge >= 0.3 is 6.03 Å². The van der Waals surface area contributed by atoms with E-state index < -0.39 is 0 Å². The lowest BCUT2D eigenvalue weighted by atomic mass is 10.1. The number of rotatable bonds is 15. The number of piperazine rings is 1. The van der Waals surface area contributed by atoms with Crippen LogP contribution in [0.25, 0.3) is 0 Å². The molecule has 0 radical (unpaired) electrons. The van der Waals surface area contributed by atoms with Gasteiger partial charge in [-0.3, -0.25) is 9.69 Å². The van der Waals surface area contributed by atoms with Gasteiger partial charge in [-0.25, -0.2) is 9.18 Å². The monoisotopic (exact) mass is 556 g/mol. The summed E-state index contributed by atoms with van der Waals surface area (Å²) in [5, 5.41) is 3.07. The van der Waals surface area contributed by atoms with Crippen molar-refractivity contribution in [3.05, 3.63) is 59.4 Å². The Labute approximate surface area is 238 Å². The number of amides is 3. The number of halogens is 1. The molecule has 220 valence electrons. The Hall–Kier alpha value is -3.33. The van der Waals surface area contributed by atoms with Gasteiger partial charge in [-0.2, -0.15) is 0 Å². The fourth-order valence-corrected chi connectivity index (χ4v) is 4.83. The second kappa shape index (κ2) is 16.7. The molecule has 9 heteroatoms. The molecule has 0 aliphatic carbocycles. The van der Waals surface area contributed by atoms with E-state index in [9.17, 15) is 14.0 Å². The minimum Gasteiger partial charge on any atom is -0.497 e. The van der Waals surface area contributed by atoms with E-state index in [-0.39, 0.29) is 17.8 Å². The van der Waals surface area contributed by atoms with Gasteiger partial charge in [0.15, 0.2) is 0 Å². The van der Waals surface area contributed by atoms with Crippen molar-refractivity contribution in [1.29, 1.82) is 0 Å². The molecule has 0 unspecified atom stereocenters. The molecular weight excluding hydrogens is 511 g/mol. The molecule has 3 rings (SSSR count). The summed E-state index contributed by atoms with van der Waals surface area (Å²) in [5.74, 6) is 0.821. The summed E-state index contributed by atoms with van der Waals surface area (Å²) in [7, 11) is 3.13. The molecule has 3 amide bonds. The average molecular weight is 557 g/mol. The first-order chi connectivity index (χ1) is 19.4. The molecule has 40 heavy (non-hydrogen) atoms. The molecule has 0 atom stereocenters. The Bertz CT molecular complexity index is 1040. The number of benzene rings is 2. The first kappa shape index (κ1) is 31.2. The maximum Gasteiger partial charge on any atom is 0.317 e. The Morgan fingerprint density at radius 2 is 1.52 bits per heavy atom. The number of hydrogen-bond donors (Lipinski definition) is 1. The average Bonchev–Trinajstić information content (AvgIpc) is 2.99. The second-order valence-corrected chi connectivity index (χ2v) is 10.3. The minimum absolute atomic E-state index is 0.0520. The molecule has 0 saturated carbocycles. The third kappa shape index (κ3) is 10.0. The van der Waals surface area contributed by atoms with Crippen molar-refractivity contribution in [1.82, 2.24) is 20.0 Å². The Balaban J connectivity index is 1.51. The molecular formula is C31H45FN4O4. The molecule has 8 nitrogen and oxygen atoms in total. The van der Waals surface area contributed by atoms with Gasteiger partial charge in [0, 0.05) is 64.0 Å². The number of carbonyl (C=O) groups is 2. The van der Waals surface area contributed by atoms with Crippen molar-refractivity contribution in [2.75, 3.05) is 60.0 Å². The van der Waals surface area contributed by atoms with Crippen LogP contribution in [-0.4, -0.2) is 86.7 Å². The van der Waals surface area contributed by atoms with Crippen molar-refractivity contribution in [2.45, 2.75) is 52.0 Å². The van der Waals surface area contributed by atoms with Crippen molar-refractivity contribution in [2.24, 2.45) is 0 Å². The number of methoxy groups -OCH3 is 2. The van der Waals surface area contributed by atoms with E-state index >= 15 is 0 Å². The third-order valence-electron chi connectivity index (χ3n) is 7.32. The molecule has 2 aromatic rings. The van der Waals surface area contributed by atoms with E-state index in [1.165, 1.54) is 37.8 Å². The quantitative estimate of drug-likeness (QED) is 0.306. The van der Waals surface area contributed by atoms with E-state index in [1.54, 1.807) is 49.5 Å². The third-order valence-corrected chi connectivity index (χ3v) is 7.32. The van der Waals surface area contributed by atoms with Gasteiger partial charge in [0.05, 0.1) is 14.2 Å². The number of urea groups is 1. The van der Waals surface area contributed by atoms with Crippen LogP contribution in [0.3, 0.4) is 0 Å². The summed E-state index contributed by atoms with van der Waals surface area (Å²) >= 11 is 0. The van der Waals surface area contributed by atoms with Crippen LogP contribution in [0.15, 0.2) is 42.5 Å². The van der Waals surface area contributed by atoms with Gasteiger partial charge in [0.1, 0.15) is 17.3 Å². The summed E-state index contributed by atoms with van der Waals surface area (Å²) < 4.78 is 24.0. The molecule has 0 bridgehead atoms. The molecule has 1 saturated heterocycles. The van der Waals surface area contributed by atoms with E-state index in [4.69, 9.17) is 9.47 Å². The maximum absolute atomic E-state index is 13.4. The summed E-state index contributed by atoms with van der Waals surface area (Å²) in [4.78, 5) is 32.1. The first-order valence-corrected chi connectivity index (χ1v) is 14.5. The number of nitrogens with zero attached hydrogens (tertiary/aromatic N) is 3. The molecule has 2 aromatic carbocycles. The van der Waals surface area contributed by atoms with Gasteiger partial charge in [-0.05, 0) is 36.2 Å². The number of carbonyl (C=O) groups excluding carboxylic acids is 2.